The van der Waals surface area contributed by atoms with Crippen molar-refractivity contribution in [2.75, 3.05) is 0 Å². The predicted molar refractivity (Wildman–Crippen MR) is 165 cm³/mol. The zero-order chi connectivity index (χ0) is 25.8. The van der Waals surface area contributed by atoms with Crippen molar-refractivity contribution in [3.63, 3.8) is 0 Å². The van der Waals surface area contributed by atoms with E-state index in [1.165, 1.54) is 180 Å². The van der Waals surface area contributed by atoms with Crippen LogP contribution >= 0.6 is 0 Å². The molecule has 0 bridgehead atoms. The highest BCUT2D eigenvalue weighted by atomic mass is 14.1. The van der Waals surface area contributed by atoms with Gasteiger partial charge in [0.05, 0.1) is 0 Å². The van der Waals surface area contributed by atoms with Gasteiger partial charge in [-0.15, -0.1) is 0 Å². The van der Waals surface area contributed by atoms with E-state index in [1.807, 2.05) is 0 Å². The van der Waals surface area contributed by atoms with E-state index in [9.17, 15) is 0 Å². The quantitative estimate of drug-likeness (QED) is 0.101. The van der Waals surface area contributed by atoms with Crippen LogP contribution in [0.4, 0.5) is 0 Å². The van der Waals surface area contributed by atoms with Crippen LogP contribution in [-0.2, 0) is 12.8 Å². The number of rotatable bonds is 28. The molecule has 36 heavy (non-hydrogen) atoms. The van der Waals surface area contributed by atoms with Gasteiger partial charge in [-0.05, 0) is 36.8 Å². The van der Waals surface area contributed by atoms with Crippen LogP contribution in [0, 0.1) is 0 Å². The highest BCUT2D eigenvalue weighted by Gasteiger charge is 2.02. The first kappa shape index (κ1) is 33.2. The van der Waals surface area contributed by atoms with E-state index in [-0.39, 0.29) is 0 Å². The summed E-state index contributed by atoms with van der Waals surface area (Å²) in [7, 11) is 0. The van der Waals surface area contributed by atoms with E-state index in [0.717, 1.165) is 0 Å². The summed E-state index contributed by atoms with van der Waals surface area (Å²) in [6, 6.07) is 9.30. The Morgan fingerprint density at radius 1 is 0.306 bits per heavy atom. The zero-order valence-electron chi connectivity index (χ0n) is 25.1. The van der Waals surface area contributed by atoms with Crippen molar-refractivity contribution >= 4 is 0 Å². The normalized spacial score (nSPS) is 11.4. The molecule has 0 fully saturated rings. The van der Waals surface area contributed by atoms with Gasteiger partial charge in [0.2, 0.25) is 0 Å². The van der Waals surface area contributed by atoms with Crippen molar-refractivity contribution in [1.82, 2.24) is 0 Å². The summed E-state index contributed by atoms with van der Waals surface area (Å²) < 4.78 is 0. The summed E-state index contributed by atoms with van der Waals surface area (Å²) in [6.07, 6.45) is 40.1. The van der Waals surface area contributed by atoms with Crippen LogP contribution < -0.4 is 0 Å². The highest BCUT2D eigenvalue weighted by molar-refractivity contribution is 5.27. The molecule has 1 rings (SSSR count). The van der Waals surface area contributed by atoms with Crippen molar-refractivity contribution in [3.8, 4) is 0 Å². The molecule has 0 aliphatic rings. The van der Waals surface area contributed by atoms with Crippen LogP contribution in [0.3, 0.4) is 0 Å². The van der Waals surface area contributed by atoms with Crippen molar-refractivity contribution in [3.05, 3.63) is 35.4 Å². The third-order valence-electron chi connectivity index (χ3n) is 8.22. The maximum absolute atomic E-state index is 2.40. The van der Waals surface area contributed by atoms with Gasteiger partial charge < -0.3 is 0 Å². The number of aryl methyl sites for hydroxylation is 2. The third-order valence-corrected chi connectivity index (χ3v) is 8.22. The minimum absolute atomic E-state index is 1.30. The Hall–Kier alpha value is -0.780. The highest BCUT2D eigenvalue weighted by Crippen LogP contribution is 2.18. The van der Waals surface area contributed by atoms with Crippen LogP contribution in [0.25, 0.3) is 0 Å². The monoisotopic (exact) mass is 499 g/mol. The molecule has 0 heterocycles. The Balaban J connectivity index is 1.92. The fourth-order valence-electron chi connectivity index (χ4n) is 5.71. The lowest BCUT2D eigenvalue weighted by Crippen LogP contribution is -1.95. The van der Waals surface area contributed by atoms with Crippen molar-refractivity contribution < 1.29 is 0 Å². The molecule has 0 N–H and O–H groups in total. The lowest BCUT2D eigenvalue weighted by atomic mass is 9.96. The minimum Gasteiger partial charge on any atom is -0.0654 e. The molecular weight excluding hydrogens is 432 g/mol. The summed E-state index contributed by atoms with van der Waals surface area (Å²) in [4.78, 5) is 0. The van der Waals surface area contributed by atoms with Gasteiger partial charge in [0.1, 0.15) is 0 Å². The molecule has 0 nitrogen and oxygen atoms in total. The molecule has 0 aliphatic carbocycles. The topological polar surface area (TPSA) is 0 Å². The second kappa shape index (κ2) is 27.3. The fraction of sp³-hybridized carbons (Fsp3) is 0.833. The van der Waals surface area contributed by atoms with Crippen molar-refractivity contribution in [1.29, 1.82) is 0 Å². The van der Waals surface area contributed by atoms with Gasteiger partial charge in [0.25, 0.3) is 0 Å². The lowest BCUT2D eigenvalue weighted by Gasteiger charge is -2.10. The second-order valence-electron chi connectivity index (χ2n) is 11.8. The van der Waals surface area contributed by atoms with Gasteiger partial charge in [-0.3, -0.25) is 0 Å². The molecule has 0 saturated carbocycles. The average Bonchev–Trinajstić information content (AvgIpc) is 2.90. The first-order valence-electron chi connectivity index (χ1n) is 16.9. The Morgan fingerprint density at radius 3 is 0.778 bits per heavy atom. The molecule has 1 aromatic carbocycles. The number of hydrogen-bond acceptors (Lipinski definition) is 0. The third kappa shape index (κ3) is 21.3. The molecule has 0 atom stereocenters. The first-order valence-corrected chi connectivity index (χ1v) is 16.9. The van der Waals surface area contributed by atoms with Gasteiger partial charge in [-0.2, -0.15) is 0 Å². The zero-order valence-corrected chi connectivity index (χ0v) is 25.1. The second-order valence-corrected chi connectivity index (χ2v) is 11.8. The number of hydrogen-bond donors (Lipinski definition) is 0. The van der Waals surface area contributed by atoms with Gasteiger partial charge >= 0.3 is 0 Å². The largest absolute Gasteiger partial charge is 0.0654 e. The van der Waals surface area contributed by atoms with Crippen LogP contribution in [0.1, 0.15) is 192 Å². The molecule has 0 heteroatoms. The van der Waals surface area contributed by atoms with Gasteiger partial charge in [0.15, 0.2) is 0 Å². The van der Waals surface area contributed by atoms with Crippen LogP contribution in [-0.4, -0.2) is 0 Å². The van der Waals surface area contributed by atoms with E-state index in [1.54, 1.807) is 11.1 Å². The molecule has 210 valence electrons. The molecule has 0 saturated heterocycles. The molecular formula is C36H66. The minimum atomic E-state index is 1.30. The van der Waals surface area contributed by atoms with Crippen molar-refractivity contribution in [2.45, 2.75) is 194 Å². The van der Waals surface area contributed by atoms with E-state index in [4.69, 9.17) is 0 Å². The van der Waals surface area contributed by atoms with Gasteiger partial charge in [-0.25, -0.2) is 0 Å². The first-order chi connectivity index (χ1) is 17.9. The predicted octanol–water partition coefficient (Wildman–Crippen LogP) is 13.0. The number of benzene rings is 1. The van der Waals surface area contributed by atoms with E-state index >= 15 is 0 Å². The Labute approximate surface area is 228 Å². The molecule has 0 unspecified atom stereocenters. The molecule has 0 aliphatic heterocycles. The fourth-order valence-corrected chi connectivity index (χ4v) is 5.71. The molecule has 1 aromatic rings. The lowest BCUT2D eigenvalue weighted by molar-refractivity contribution is 0.529. The van der Waals surface area contributed by atoms with Crippen molar-refractivity contribution in [2.24, 2.45) is 0 Å². The standard InChI is InChI=1S/C36H66/c1-3-5-7-9-11-13-15-16-17-18-19-20-22-24-26-28-32-36-34-30-29-33-35(36)31-27-25-23-21-14-12-10-8-6-4-2/h29-30,33-34H,3-28,31-32H2,1-2H3. The smallest absolute Gasteiger partial charge is 0.0276 e. The van der Waals surface area contributed by atoms with Crippen LogP contribution in [0.15, 0.2) is 24.3 Å². The van der Waals surface area contributed by atoms with Crippen LogP contribution in [0.5, 0.6) is 0 Å². The number of unbranched alkanes of at least 4 members (excludes halogenated alkanes) is 24. The Bertz CT molecular complexity index is 545. The Kier molecular flexibility index (Phi) is 25.2. The average molecular weight is 499 g/mol. The summed E-state index contributed by atoms with van der Waals surface area (Å²) in [6.45, 7) is 4.61. The maximum atomic E-state index is 2.40. The maximum Gasteiger partial charge on any atom is -0.0276 e. The van der Waals surface area contributed by atoms with E-state index in [0.29, 0.717) is 0 Å². The Morgan fingerprint density at radius 2 is 0.528 bits per heavy atom. The molecule has 0 aromatic heterocycles. The summed E-state index contributed by atoms with van der Waals surface area (Å²) in [5.41, 5.74) is 3.27. The molecule has 0 amide bonds. The van der Waals surface area contributed by atoms with E-state index < -0.39 is 0 Å². The molecule has 0 radical (unpaired) electrons. The molecule has 0 spiro atoms. The van der Waals surface area contributed by atoms with E-state index in [2.05, 4.69) is 38.1 Å². The summed E-state index contributed by atoms with van der Waals surface area (Å²) in [5.74, 6) is 0. The van der Waals surface area contributed by atoms with Gasteiger partial charge in [-0.1, -0.05) is 192 Å². The SMILES string of the molecule is CCCCCCCCCCCCCCCCCCc1ccccc1CCCCCCCCCCCC. The summed E-state index contributed by atoms with van der Waals surface area (Å²) >= 11 is 0. The van der Waals surface area contributed by atoms with Gasteiger partial charge in [0, 0.05) is 0 Å². The van der Waals surface area contributed by atoms with Crippen LogP contribution in [0.2, 0.25) is 0 Å². The summed E-state index contributed by atoms with van der Waals surface area (Å²) in [5, 5.41) is 0.